The van der Waals surface area contributed by atoms with Crippen LogP contribution in [0.15, 0.2) is 30.7 Å². The molecule has 5 rings (SSSR count). The molecule has 3 aromatic rings. The molecule has 0 aliphatic heterocycles. The molecular formula is C30H43F4N7O2. The lowest BCUT2D eigenvalue weighted by atomic mass is 9.89. The molecule has 2 fully saturated rings. The third kappa shape index (κ3) is 11.3. The summed E-state index contributed by atoms with van der Waals surface area (Å²) in [7, 11) is 0. The quantitative estimate of drug-likeness (QED) is 0.270. The predicted octanol–water partition coefficient (Wildman–Crippen LogP) is 6.49. The fourth-order valence-corrected chi connectivity index (χ4v) is 4.14. The fraction of sp³-hybridized carbons (Fsp3) is 0.633. The Morgan fingerprint density at radius 3 is 2.21 bits per heavy atom. The molecule has 0 radical (unpaired) electrons. The number of aromatic nitrogens is 5. The highest BCUT2D eigenvalue weighted by molar-refractivity contribution is 5.92. The third-order valence-corrected chi connectivity index (χ3v) is 6.88. The van der Waals surface area contributed by atoms with Gasteiger partial charge in [0.2, 0.25) is 18.3 Å². The van der Waals surface area contributed by atoms with Gasteiger partial charge in [-0.25, -0.2) is 27.1 Å². The number of halogens is 4. The van der Waals surface area contributed by atoms with Crippen LogP contribution in [0.25, 0.3) is 5.65 Å². The van der Waals surface area contributed by atoms with E-state index >= 15 is 0 Å². The van der Waals surface area contributed by atoms with Gasteiger partial charge in [-0.05, 0) is 44.4 Å². The normalized spacial score (nSPS) is 15.8. The summed E-state index contributed by atoms with van der Waals surface area (Å²) in [5.74, 6) is -3.03. The second-order valence-electron chi connectivity index (χ2n) is 12.1. The summed E-state index contributed by atoms with van der Waals surface area (Å²) in [5.41, 5.74) is 0.918. The number of nitrogens with one attached hydrogen (secondary N) is 2. The Hall–Kier alpha value is -3.51. The fourth-order valence-electron chi connectivity index (χ4n) is 4.14. The summed E-state index contributed by atoms with van der Waals surface area (Å²) in [4.78, 5) is 28.9. The minimum Gasteiger partial charge on any atom is -0.352 e. The average molecular weight is 610 g/mol. The van der Waals surface area contributed by atoms with Crippen molar-refractivity contribution in [2.75, 3.05) is 0 Å². The second-order valence-corrected chi connectivity index (χ2v) is 12.1. The van der Waals surface area contributed by atoms with Gasteiger partial charge in [-0.2, -0.15) is 10.2 Å². The van der Waals surface area contributed by atoms with E-state index in [4.69, 9.17) is 0 Å². The number of amides is 2. The van der Waals surface area contributed by atoms with E-state index in [0.29, 0.717) is 35.4 Å². The van der Waals surface area contributed by atoms with Crippen molar-refractivity contribution >= 4 is 17.5 Å². The van der Waals surface area contributed by atoms with Gasteiger partial charge in [-0.1, -0.05) is 39.5 Å². The molecule has 0 aromatic carbocycles. The molecular weight excluding hydrogens is 566 g/mol. The van der Waals surface area contributed by atoms with Gasteiger partial charge in [0.1, 0.15) is 5.69 Å². The number of hydrogen-bond donors (Lipinski definition) is 2. The second kappa shape index (κ2) is 15.3. The molecule has 238 valence electrons. The first kappa shape index (κ1) is 34.0. The molecule has 0 unspecified atom stereocenters. The molecule has 0 spiro atoms. The van der Waals surface area contributed by atoms with Gasteiger partial charge in [0.05, 0.1) is 24.6 Å². The number of rotatable bonds is 9. The molecule has 0 bridgehead atoms. The van der Waals surface area contributed by atoms with Crippen LogP contribution in [-0.2, 0) is 17.9 Å². The van der Waals surface area contributed by atoms with E-state index in [0.717, 1.165) is 6.42 Å². The maximum absolute atomic E-state index is 12.9. The van der Waals surface area contributed by atoms with Gasteiger partial charge >= 0.3 is 0 Å². The lowest BCUT2D eigenvalue weighted by Crippen LogP contribution is -2.32. The zero-order valence-corrected chi connectivity index (χ0v) is 25.4. The topological polar surface area (TPSA) is 106 Å². The van der Waals surface area contributed by atoms with E-state index in [1.807, 2.05) is 13.8 Å². The van der Waals surface area contributed by atoms with Crippen LogP contribution >= 0.6 is 0 Å². The van der Waals surface area contributed by atoms with E-state index in [2.05, 4.69) is 25.8 Å². The number of carbonyl (C=O) groups excluding carboxylic acids is 2. The van der Waals surface area contributed by atoms with Gasteiger partial charge in [0.15, 0.2) is 5.65 Å². The molecule has 43 heavy (non-hydrogen) atoms. The zero-order valence-electron chi connectivity index (χ0n) is 25.4. The zero-order chi connectivity index (χ0) is 31.6. The van der Waals surface area contributed by atoms with Gasteiger partial charge in [0, 0.05) is 43.5 Å². The standard InChI is InChI=1S/C21H27F2N7O2.C6H10F2.C3H6/c1-13(2)30-16(5-6-26-30)19(32)25-11-15-12-29-17(28-15)7-14(10-27-29)9-24-18(31)8-21(3,4)20(22)23;7-6(8)4-2-1-3-5-6;1-2-3-1/h5-7,10,12-13,20H,8-9,11H2,1-4H3,(H,24,31)(H,25,32);1-5H2;1-3H2. The van der Waals surface area contributed by atoms with Crippen molar-refractivity contribution < 1.29 is 27.2 Å². The SMILES string of the molecule is C1CC1.CC(C)n1nccc1C(=O)NCc1cn2ncc(CNC(=O)CC(C)(C)C(F)F)cc2n1.FC1(F)CCCCC1. The number of fused-ring (bicyclic) bond motifs is 1. The van der Waals surface area contributed by atoms with Crippen molar-refractivity contribution in [3.63, 3.8) is 0 Å². The van der Waals surface area contributed by atoms with Crippen LogP contribution in [0.4, 0.5) is 17.6 Å². The molecule has 2 aliphatic carbocycles. The van der Waals surface area contributed by atoms with Crippen LogP contribution < -0.4 is 10.6 Å². The Kier molecular flexibility index (Phi) is 12.1. The Morgan fingerprint density at radius 1 is 1.00 bits per heavy atom. The molecule has 3 aromatic heterocycles. The number of carbonyl (C=O) groups is 2. The molecule has 0 saturated heterocycles. The lowest BCUT2D eigenvalue weighted by Gasteiger charge is -2.22. The average Bonchev–Trinajstić information content (AvgIpc) is 3.63. The van der Waals surface area contributed by atoms with Crippen LogP contribution in [0.2, 0.25) is 0 Å². The Balaban J connectivity index is 0.000000382. The summed E-state index contributed by atoms with van der Waals surface area (Å²) in [6.07, 6.45) is 9.15. The molecule has 2 N–H and O–H groups in total. The van der Waals surface area contributed by atoms with E-state index in [1.54, 1.807) is 39.9 Å². The van der Waals surface area contributed by atoms with E-state index in [-0.39, 0.29) is 44.3 Å². The number of imidazole rings is 1. The van der Waals surface area contributed by atoms with E-state index in [1.165, 1.54) is 33.1 Å². The van der Waals surface area contributed by atoms with Gasteiger partial charge < -0.3 is 10.6 Å². The first-order valence-corrected chi connectivity index (χ1v) is 14.8. The summed E-state index contributed by atoms with van der Waals surface area (Å²) < 4.78 is 53.5. The van der Waals surface area contributed by atoms with Crippen molar-refractivity contribution in [3.8, 4) is 0 Å². The molecule has 2 saturated carbocycles. The third-order valence-electron chi connectivity index (χ3n) is 6.88. The number of alkyl halides is 4. The van der Waals surface area contributed by atoms with E-state index in [9.17, 15) is 27.2 Å². The van der Waals surface area contributed by atoms with Crippen LogP contribution in [-0.4, -0.2) is 48.5 Å². The minimum atomic E-state index is -2.58. The first-order valence-electron chi connectivity index (χ1n) is 14.8. The van der Waals surface area contributed by atoms with Crippen LogP contribution in [0.3, 0.4) is 0 Å². The van der Waals surface area contributed by atoms with Crippen molar-refractivity contribution in [2.24, 2.45) is 5.41 Å². The highest BCUT2D eigenvalue weighted by atomic mass is 19.3. The summed E-state index contributed by atoms with van der Waals surface area (Å²) in [5, 5.41) is 13.9. The largest absolute Gasteiger partial charge is 0.352 e. The van der Waals surface area contributed by atoms with Crippen molar-refractivity contribution in [1.29, 1.82) is 0 Å². The minimum absolute atomic E-state index is 0.0606. The molecule has 2 amide bonds. The molecule has 0 atom stereocenters. The summed E-state index contributed by atoms with van der Waals surface area (Å²) >= 11 is 0. The van der Waals surface area contributed by atoms with Gasteiger partial charge in [-0.15, -0.1) is 0 Å². The van der Waals surface area contributed by atoms with Crippen LogP contribution in [0.5, 0.6) is 0 Å². The molecule has 3 heterocycles. The Labute approximate surface area is 249 Å². The molecule has 13 heteroatoms. The maximum Gasteiger partial charge on any atom is 0.269 e. The van der Waals surface area contributed by atoms with Crippen LogP contribution in [0.1, 0.15) is 113 Å². The van der Waals surface area contributed by atoms with E-state index < -0.39 is 23.7 Å². The highest BCUT2D eigenvalue weighted by Crippen LogP contribution is 2.32. The maximum atomic E-state index is 12.9. The van der Waals surface area contributed by atoms with Crippen molar-refractivity contribution in [2.45, 2.75) is 117 Å². The van der Waals surface area contributed by atoms with Crippen molar-refractivity contribution in [1.82, 2.24) is 35.0 Å². The molecule has 9 nitrogen and oxygen atoms in total. The smallest absolute Gasteiger partial charge is 0.269 e. The van der Waals surface area contributed by atoms with Crippen molar-refractivity contribution in [3.05, 3.63) is 47.7 Å². The number of nitrogens with zero attached hydrogens (tertiary/aromatic N) is 5. The Morgan fingerprint density at radius 2 is 1.65 bits per heavy atom. The number of hydrogen-bond acceptors (Lipinski definition) is 5. The molecule has 2 aliphatic rings. The lowest BCUT2D eigenvalue weighted by molar-refractivity contribution is -0.125. The van der Waals surface area contributed by atoms with Gasteiger partial charge in [0.25, 0.3) is 5.91 Å². The monoisotopic (exact) mass is 609 g/mol. The Bertz CT molecular complexity index is 1320. The summed E-state index contributed by atoms with van der Waals surface area (Å²) in [6.45, 7) is 6.95. The highest BCUT2D eigenvalue weighted by Gasteiger charge is 2.32. The van der Waals surface area contributed by atoms with Crippen LogP contribution in [0, 0.1) is 5.41 Å². The first-order chi connectivity index (χ1) is 20.3. The summed E-state index contributed by atoms with van der Waals surface area (Å²) in [6, 6.07) is 3.46. The predicted molar refractivity (Wildman–Crippen MR) is 155 cm³/mol. The van der Waals surface area contributed by atoms with Gasteiger partial charge in [-0.3, -0.25) is 14.3 Å².